The summed E-state index contributed by atoms with van der Waals surface area (Å²) in [5, 5.41) is 2.85. The number of hydrogen-bond donors (Lipinski definition) is 1. The molecule has 8 heteroatoms. The number of hydrogen-bond acceptors (Lipinski definition) is 5. The Morgan fingerprint density at radius 3 is 2.83 bits per heavy atom. The Hall–Kier alpha value is -2.32. The molecule has 5 atom stereocenters. The summed E-state index contributed by atoms with van der Waals surface area (Å²) >= 11 is 0. The van der Waals surface area contributed by atoms with Crippen molar-refractivity contribution in [3.05, 3.63) is 29.6 Å². The van der Waals surface area contributed by atoms with Gasteiger partial charge in [-0.15, -0.1) is 0 Å². The van der Waals surface area contributed by atoms with Gasteiger partial charge in [0.25, 0.3) is 0 Å². The van der Waals surface area contributed by atoms with Crippen LogP contribution in [-0.2, 0) is 24.7 Å². The molecule has 0 bridgehead atoms. The first-order valence-electron chi connectivity index (χ1n) is 10.4. The zero-order valence-electron chi connectivity index (χ0n) is 15.9. The van der Waals surface area contributed by atoms with Crippen LogP contribution in [0.1, 0.15) is 31.2 Å². The quantitative estimate of drug-likeness (QED) is 0.757. The van der Waals surface area contributed by atoms with E-state index >= 15 is 0 Å². The van der Waals surface area contributed by atoms with Crippen LogP contribution in [0.15, 0.2) is 18.2 Å². The number of carbonyl (C=O) groups is 3. The van der Waals surface area contributed by atoms with Gasteiger partial charge in [0.2, 0.25) is 17.7 Å². The van der Waals surface area contributed by atoms with Crippen LogP contribution in [0.25, 0.3) is 0 Å². The number of rotatable bonds is 2. The van der Waals surface area contributed by atoms with Crippen molar-refractivity contribution in [2.75, 3.05) is 25.0 Å². The van der Waals surface area contributed by atoms with E-state index in [0.717, 1.165) is 25.7 Å². The van der Waals surface area contributed by atoms with Crippen molar-refractivity contribution in [3.8, 4) is 0 Å². The van der Waals surface area contributed by atoms with E-state index in [1.165, 1.54) is 17.0 Å². The van der Waals surface area contributed by atoms with Gasteiger partial charge >= 0.3 is 0 Å². The maximum atomic E-state index is 14.2. The minimum absolute atomic E-state index is 0.139. The summed E-state index contributed by atoms with van der Waals surface area (Å²) in [7, 11) is 0. The predicted molar refractivity (Wildman–Crippen MR) is 99.1 cm³/mol. The van der Waals surface area contributed by atoms with E-state index in [0.29, 0.717) is 24.4 Å². The Morgan fingerprint density at radius 2 is 2.03 bits per heavy atom. The van der Waals surface area contributed by atoms with Crippen LogP contribution >= 0.6 is 0 Å². The minimum Gasteiger partial charge on any atom is -0.376 e. The molecular weight excluding hydrogens is 377 g/mol. The Balaban J connectivity index is 1.48. The molecule has 1 spiro atoms. The summed E-state index contributed by atoms with van der Waals surface area (Å²) in [4.78, 5) is 43.6. The first kappa shape index (κ1) is 17.5. The zero-order valence-corrected chi connectivity index (χ0v) is 15.9. The van der Waals surface area contributed by atoms with E-state index in [-0.39, 0.29) is 36.4 Å². The largest absolute Gasteiger partial charge is 0.376 e. The maximum absolute atomic E-state index is 14.2. The number of nitrogens with zero attached hydrogens (tertiary/aromatic N) is 2. The number of imide groups is 1. The van der Waals surface area contributed by atoms with Crippen LogP contribution in [-0.4, -0.2) is 59.4 Å². The molecule has 1 aromatic carbocycles. The number of halogens is 1. The zero-order chi connectivity index (χ0) is 19.9. The first-order valence-corrected chi connectivity index (χ1v) is 10.4. The fourth-order valence-electron chi connectivity index (χ4n) is 6.41. The van der Waals surface area contributed by atoms with Crippen LogP contribution in [0.5, 0.6) is 0 Å². The molecule has 0 saturated carbocycles. The van der Waals surface area contributed by atoms with Gasteiger partial charge in [-0.25, -0.2) is 4.39 Å². The number of nitrogens with one attached hydrogen (secondary N) is 1. The second kappa shape index (κ2) is 5.86. The standard InChI is InChI=1S/C21H22FN3O4/c22-11-5-6-14-13(9-11)21(20(28)23-14)17-16(15-4-1-7-25(15)21)18(26)24(19(17)27)10-12-3-2-8-29-12/h5-6,9,12,15-17H,1-4,7-8,10H2,(H,23,28)/t12-,15+,16+,17-,21-/m1/s1. The van der Waals surface area contributed by atoms with Crippen molar-refractivity contribution < 1.29 is 23.5 Å². The van der Waals surface area contributed by atoms with Crippen molar-refractivity contribution in [1.82, 2.24) is 9.80 Å². The Morgan fingerprint density at radius 1 is 1.17 bits per heavy atom. The Labute approximate surface area is 167 Å². The minimum atomic E-state index is -1.30. The lowest BCUT2D eigenvalue weighted by atomic mass is 9.75. The highest BCUT2D eigenvalue weighted by atomic mass is 19.1. The molecule has 152 valence electrons. The number of likely N-dealkylation sites (tertiary alicyclic amines) is 1. The third kappa shape index (κ3) is 2.06. The lowest BCUT2D eigenvalue weighted by Gasteiger charge is -2.36. The smallest absolute Gasteiger partial charge is 0.250 e. The van der Waals surface area contributed by atoms with Gasteiger partial charge < -0.3 is 10.1 Å². The molecular formula is C21H22FN3O4. The molecule has 6 rings (SSSR count). The number of anilines is 1. The number of carbonyl (C=O) groups excluding carboxylic acids is 3. The molecule has 5 heterocycles. The van der Waals surface area contributed by atoms with E-state index in [1.807, 2.05) is 4.90 Å². The lowest BCUT2D eigenvalue weighted by Crippen LogP contribution is -2.54. The van der Waals surface area contributed by atoms with Crippen molar-refractivity contribution in [2.45, 2.75) is 43.4 Å². The average molecular weight is 399 g/mol. The normalized spacial score (nSPS) is 38.1. The number of fused-ring (bicyclic) bond motifs is 7. The van der Waals surface area contributed by atoms with Gasteiger partial charge in [0, 0.05) is 23.9 Å². The fraction of sp³-hybridized carbons (Fsp3) is 0.571. The Kier molecular flexibility index (Phi) is 3.54. The third-order valence-electron chi connectivity index (χ3n) is 7.46. The molecule has 0 unspecified atom stereocenters. The van der Waals surface area contributed by atoms with E-state index in [1.54, 1.807) is 6.07 Å². The molecule has 29 heavy (non-hydrogen) atoms. The van der Waals surface area contributed by atoms with Gasteiger partial charge in [-0.05, 0) is 50.4 Å². The average Bonchev–Trinajstić information content (AvgIpc) is 3.47. The predicted octanol–water partition coefficient (Wildman–Crippen LogP) is 1.23. The van der Waals surface area contributed by atoms with E-state index in [9.17, 15) is 18.8 Å². The fourth-order valence-corrected chi connectivity index (χ4v) is 6.41. The topological polar surface area (TPSA) is 79.0 Å². The van der Waals surface area contributed by atoms with Crippen LogP contribution in [0.2, 0.25) is 0 Å². The van der Waals surface area contributed by atoms with Gasteiger partial charge in [-0.3, -0.25) is 24.2 Å². The molecule has 1 aromatic rings. The summed E-state index contributed by atoms with van der Waals surface area (Å²) in [5.41, 5.74) is -0.288. The van der Waals surface area contributed by atoms with Crippen LogP contribution in [0.3, 0.4) is 0 Å². The monoisotopic (exact) mass is 399 g/mol. The van der Waals surface area contributed by atoms with Gasteiger partial charge in [-0.1, -0.05) is 0 Å². The van der Waals surface area contributed by atoms with Gasteiger partial charge in [-0.2, -0.15) is 0 Å². The van der Waals surface area contributed by atoms with E-state index in [4.69, 9.17) is 4.74 Å². The molecule has 7 nitrogen and oxygen atoms in total. The van der Waals surface area contributed by atoms with Crippen molar-refractivity contribution >= 4 is 23.4 Å². The molecule has 4 fully saturated rings. The number of benzene rings is 1. The molecule has 0 radical (unpaired) electrons. The van der Waals surface area contributed by atoms with Crippen molar-refractivity contribution in [1.29, 1.82) is 0 Å². The Bertz CT molecular complexity index is 946. The van der Waals surface area contributed by atoms with Gasteiger partial charge in [0.1, 0.15) is 11.4 Å². The highest BCUT2D eigenvalue weighted by Crippen LogP contribution is 2.60. The summed E-state index contributed by atoms with van der Waals surface area (Å²) in [5.74, 6) is -2.68. The molecule has 0 aromatic heterocycles. The van der Waals surface area contributed by atoms with Crippen molar-refractivity contribution in [2.24, 2.45) is 11.8 Å². The summed E-state index contributed by atoms with van der Waals surface area (Å²) in [6.07, 6.45) is 3.21. The van der Waals surface area contributed by atoms with Gasteiger partial charge in [0.15, 0.2) is 0 Å². The van der Waals surface area contributed by atoms with Crippen LogP contribution in [0, 0.1) is 17.7 Å². The molecule has 5 aliphatic heterocycles. The number of ether oxygens (including phenoxy) is 1. The van der Waals surface area contributed by atoms with Crippen molar-refractivity contribution in [3.63, 3.8) is 0 Å². The summed E-state index contributed by atoms with van der Waals surface area (Å²) in [6.45, 7) is 1.50. The van der Waals surface area contributed by atoms with Gasteiger partial charge in [0.05, 0.1) is 24.5 Å². The highest BCUT2D eigenvalue weighted by Gasteiger charge is 2.74. The molecule has 1 N–H and O–H groups in total. The second-order valence-corrected chi connectivity index (χ2v) is 8.74. The molecule has 3 amide bonds. The first-order chi connectivity index (χ1) is 14.0. The highest BCUT2D eigenvalue weighted by molar-refractivity contribution is 6.15. The summed E-state index contributed by atoms with van der Waals surface area (Å²) < 4.78 is 19.8. The third-order valence-corrected chi connectivity index (χ3v) is 7.46. The van der Waals surface area contributed by atoms with Crippen LogP contribution in [0.4, 0.5) is 10.1 Å². The van der Waals surface area contributed by atoms with E-state index in [2.05, 4.69) is 5.32 Å². The SMILES string of the molecule is O=C1[C@H]2[C@@H]3CCCN3[C@@]3(C(=O)Nc4ccc(F)cc43)[C@H]2C(=O)N1C[C@H]1CCCO1. The molecule has 0 aliphatic carbocycles. The number of amides is 3. The molecule has 4 saturated heterocycles. The maximum Gasteiger partial charge on any atom is 0.250 e. The van der Waals surface area contributed by atoms with Crippen LogP contribution < -0.4 is 5.32 Å². The summed E-state index contributed by atoms with van der Waals surface area (Å²) in [6, 6.07) is 4.02. The van der Waals surface area contributed by atoms with E-state index < -0.39 is 23.2 Å². The lowest BCUT2D eigenvalue weighted by molar-refractivity contribution is -0.147. The second-order valence-electron chi connectivity index (χ2n) is 8.74. The molecule has 5 aliphatic rings.